The van der Waals surface area contributed by atoms with Gasteiger partial charge in [-0.25, -0.2) is 9.59 Å². The average molecular weight is 542 g/mol. The summed E-state index contributed by atoms with van der Waals surface area (Å²) in [7, 11) is 1.34. The van der Waals surface area contributed by atoms with Gasteiger partial charge in [0.25, 0.3) is 0 Å². The van der Waals surface area contributed by atoms with Crippen LogP contribution in [0.25, 0.3) is 5.00 Å². The number of aryl methyl sites for hydroxylation is 1. The van der Waals surface area contributed by atoms with Gasteiger partial charge in [-0.05, 0) is 80.1 Å². The Morgan fingerprint density at radius 1 is 1.00 bits per heavy atom. The number of hydrogen-bond donors (Lipinski definition) is 1. The van der Waals surface area contributed by atoms with Crippen molar-refractivity contribution >= 4 is 29.0 Å². The second-order valence-corrected chi connectivity index (χ2v) is 10.9. The summed E-state index contributed by atoms with van der Waals surface area (Å²) in [5.74, 6) is 0.300. The standard InChI is InChI=1S/C31H31N3O4S/c1-3-38-21-16-14-20(15-17-21)28-26-12-8-18-33(26)29-24(22-9-5-7-13-27(22)39-29)19-34(28)31(36)32-25-11-6-4-10-23(25)30(35)37-2/h4,6,8,10-12,14-18,28H,3,5,7,9,13,19H2,1-2H3,(H,32,36)/t28-/m0/s1. The van der Waals surface area contributed by atoms with Gasteiger partial charge in [-0.15, -0.1) is 11.3 Å². The molecule has 2 aromatic carbocycles. The number of anilines is 1. The molecular weight excluding hydrogens is 510 g/mol. The zero-order valence-electron chi connectivity index (χ0n) is 22.1. The van der Waals surface area contributed by atoms with Crippen molar-refractivity contribution in [1.82, 2.24) is 9.47 Å². The van der Waals surface area contributed by atoms with Gasteiger partial charge >= 0.3 is 12.0 Å². The minimum Gasteiger partial charge on any atom is -0.494 e. The highest BCUT2D eigenvalue weighted by molar-refractivity contribution is 7.15. The van der Waals surface area contributed by atoms with Crippen molar-refractivity contribution in [2.75, 3.05) is 19.0 Å². The number of ether oxygens (including phenoxy) is 2. The molecule has 1 atom stereocenters. The Morgan fingerprint density at radius 3 is 2.59 bits per heavy atom. The van der Waals surface area contributed by atoms with Gasteiger partial charge in [-0.3, -0.25) is 0 Å². The van der Waals surface area contributed by atoms with Gasteiger partial charge in [0.1, 0.15) is 10.8 Å². The lowest BCUT2D eigenvalue weighted by molar-refractivity contribution is 0.0602. The molecule has 0 unspecified atom stereocenters. The van der Waals surface area contributed by atoms with Crippen LogP contribution in [0.4, 0.5) is 10.5 Å². The third kappa shape index (κ3) is 4.59. The number of fused-ring (bicyclic) bond motifs is 5. The Kier molecular flexibility index (Phi) is 6.87. The van der Waals surface area contributed by atoms with Crippen molar-refractivity contribution in [3.63, 3.8) is 0 Å². The van der Waals surface area contributed by atoms with E-state index in [0.29, 0.717) is 24.4 Å². The number of urea groups is 1. The monoisotopic (exact) mass is 541 g/mol. The zero-order chi connectivity index (χ0) is 26.9. The van der Waals surface area contributed by atoms with Crippen molar-refractivity contribution in [3.05, 3.63) is 99.7 Å². The van der Waals surface area contributed by atoms with Crippen LogP contribution in [-0.2, 0) is 24.1 Å². The van der Waals surface area contributed by atoms with E-state index in [1.165, 1.54) is 34.5 Å². The summed E-state index contributed by atoms with van der Waals surface area (Å²) < 4.78 is 12.9. The highest BCUT2D eigenvalue weighted by Gasteiger charge is 2.36. The largest absolute Gasteiger partial charge is 0.494 e. The number of benzene rings is 2. The van der Waals surface area contributed by atoms with Gasteiger partial charge < -0.3 is 24.3 Å². The molecule has 2 aromatic heterocycles. The van der Waals surface area contributed by atoms with E-state index in [-0.39, 0.29) is 12.1 Å². The summed E-state index contributed by atoms with van der Waals surface area (Å²) in [6.07, 6.45) is 6.59. The van der Waals surface area contributed by atoms with Crippen molar-refractivity contribution < 1.29 is 19.1 Å². The van der Waals surface area contributed by atoms with E-state index >= 15 is 0 Å². The molecule has 0 saturated carbocycles. The molecule has 2 aliphatic rings. The van der Waals surface area contributed by atoms with Crippen LogP contribution in [0, 0.1) is 0 Å². The lowest BCUT2D eigenvalue weighted by atomic mass is 9.95. The molecule has 1 aliphatic heterocycles. The molecule has 0 radical (unpaired) electrons. The first kappa shape index (κ1) is 25.2. The average Bonchev–Trinajstić information content (AvgIpc) is 3.55. The fourth-order valence-electron chi connectivity index (χ4n) is 5.72. The molecule has 8 heteroatoms. The van der Waals surface area contributed by atoms with E-state index in [2.05, 4.69) is 22.1 Å². The van der Waals surface area contributed by atoms with E-state index in [1.54, 1.807) is 24.3 Å². The molecule has 0 spiro atoms. The van der Waals surface area contributed by atoms with Gasteiger partial charge in [-0.1, -0.05) is 24.3 Å². The Morgan fingerprint density at radius 2 is 1.79 bits per heavy atom. The summed E-state index contributed by atoms with van der Waals surface area (Å²) in [5.41, 5.74) is 5.36. The molecule has 0 saturated heterocycles. The summed E-state index contributed by atoms with van der Waals surface area (Å²) in [6, 6.07) is 18.4. The number of carbonyl (C=O) groups excluding carboxylic acids is 2. The van der Waals surface area contributed by atoms with Crippen LogP contribution in [0.2, 0.25) is 0 Å². The second kappa shape index (κ2) is 10.6. The van der Waals surface area contributed by atoms with Crippen LogP contribution in [-0.4, -0.2) is 35.2 Å². The topological polar surface area (TPSA) is 72.8 Å². The molecule has 4 aromatic rings. The number of para-hydroxylation sites is 1. The van der Waals surface area contributed by atoms with Crippen molar-refractivity contribution in [2.45, 2.75) is 45.2 Å². The van der Waals surface area contributed by atoms with Gasteiger partial charge in [-0.2, -0.15) is 0 Å². The summed E-state index contributed by atoms with van der Waals surface area (Å²) in [4.78, 5) is 30.0. The number of nitrogens with one attached hydrogen (secondary N) is 1. The number of thiophene rings is 1. The van der Waals surface area contributed by atoms with E-state index in [4.69, 9.17) is 9.47 Å². The number of rotatable bonds is 5. The van der Waals surface area contributed by atoms with Crippen molar-refractivity contribution in [2.24, 2.45) is 0 Å². The number of esters is 1. The van der Waals surface area contributed by atoms with E-state index in [1.807, 2.05) is 53.5 Å². The fraction of sp³-hybridized carbons (Fsp3) is 0.290. The summed E-state index contributed by atoms with van der Waals surface area (Å²) in [5, 5.41) is 4.23. The molecule has 0 bridgehead atoms. The summed E-state index contributed by atoms with van der Waals surface area (Å²) >= 11 is 1.86. The molecule has 39 heavy (non-hydrogen) atoms. The van der Waals surface area contributed by atoms with E-state index in [9.17, 15) is 9.59 Å². The first-order valence-electron chi connectivity index (χ1n) is 13.4. The third-order valence-corrected chi connectivity index (χ3v) is 8.85. The molecule has 1 N–H and O–H groups in total. The van der Waals surface area contributed by atoms with Crippen LogP contribution in [0.1, 0.15) is 63.4 Å². The fourth-order valence-corrected chi connectivity index (χ4v) is 7.12. The van der Waals surface area contributed by atoms with Gasteiger partial charge in [0.05, 0.1) is 43.2 Å². The number of methoxy groups -OCH3 is 1. The number of amides is 2. The third-order valence-electron chi connectivity index (χ3n) is 7.52. The lowest BCUT2D eigenvalue weighted by Gasteiger charge is -2.31. The molecule has 0 fully saturated rings. The highest BCUT2D eigenvalue weighted by Crippen LogP contribution is 2.44. The lowest BCUT2D eigenvalue weighted by Crippen LogP contribution is -2.38. The van der Waals surface area contributed by atoms with Gasteiger partial charge in [0.15, 0.2) is 0 Å². The van der Waals surface area contributed by atoms with Gasteiger partial charge in [0, 0.05) is 16.6 Å². The molecule has 1 aliphatic carbocycles. The number of carbonyl (C=O) groups is 2. The van der Waals surface area contributed by atoms with Crippen LogP contribution in [0.5, 0.6) is 5.75 Å². The Hall–Kier alpha value is -4.04. The molecule has 6 rings (SSSR count). The normalized spacial score (nSPS) is 15.9. The van der Waals surface area contributed by atoms with Crippen LogP contribution < -0.4 is 10.1 Å². The smallest absolute Gasteiger partial charge is 0.339 e. The minimum atomic E-state index is -0.493. The first-order chi connectivity index (χ1) is 19.1. The molecule has 200 valence electrons. The zero-order valence-corrected chi connectivity index (χ0v) is 22.9. The van der Waals surface area contributed by atoms with E-state index in [0.717, 1.165) is 36.3 Å². The Balaban J connectivity index is 1.47. The minimum absolute atomic E-state index is 0.276. The molecule has 2 amide bonds. The quantitative estimate of drug-likeness (QED) is 0.284. The Bertz CT molecular complexity index is 1520. The maximum Gasteiger partial charge on any atom is 0.339 e. The molecule has 7 nitrogen and oxygen atoms in total. The predicted octanol–water partition coefficient (Wildman–Crippen LogP) is 6.74. The summed E-state index contributed by atoms with van der Waals surface area (Å²) in [6.45, 7) is 3.02. The maximum atomic E-state index is 14.2. The SMILES string of the molecule is CCOc1ccc([C@H]2c3cccn3-c3sc4c(c3CN2C(=O)Nc2ccccc2C(=O)OC)CCCC4)cc1. The second-order valence-electron chi connectivity index (χ2n) is 9.80. The molecule has 3 heterocycles. The first-order valence-corrected chi connectivity index (χ1v) is 14.2. The van der Waals surface area contributed by atoms with Crippen molar-refractivity contribution in [1.29, 1.82) is 0 Å². The predicted molar refractivity (Wildman–Crippen MR) is 152 cm³/mol. The molecular formula is C31H31N3O4S. The van der Waals surface area contributed by atoms with Crippen LogP contribution >= 0.6 is 11.3 Å². The van der Waals surface area contributed by atoms with Crippen LogP contribution in [0.15, 0.2) is 66.9 Å². The van der Waals surface area contributed by atoms with E-state index < -0.39 is 5.97 Å². The number of hydrogen-bond acceptors (Lipinski definition) is 5. The van der Waals surface area contributed by atoms with Gasteiger partial charge in [0.2, 0.25) is 0 Å². The number of aromatic nitrogens is 1. The number of nitrogens with zero attached hydrogens (tertiary/aromatic N) is 2. The Labute approximate surface area is 232 Å². The van der Waals surface area contributed by atoms with Crippen molar-refractivity contribution in [3.8, 4) is 10.8 Å². The highest BCUT2D eigenvalue weighted by atomic mass is 32.1. The maximum absolute atomic E-state index is 14.2. The van der Waals surface area contributed by atoms with Crippen LogP contribution in [0.3, 0.4) is 0 Å².